The molecular weight excluding hydrogens is 238 g/mol. The van der Waals surface area contributed by atoms with E-state index in [0.717, 1.165) is 6.42 Å². The number of nitrogens with two attached hydrogens (primary N) is 1. The van der Waals surface area contributed by atoms with Crippen molar-refractivity contribution in [3.05, 3.63) is 23.9 Å². The van der Waals surface area contributed by atoms with E-state index in [1.54, 1.807) is 6.20 Å². The van der Waals surface area contributed by atoms with Gasteiger partial charge in [-0.05, 0) is 31.2 Å². The molecule has 5 nitrogen and oxygen atoms in total. The Morgan fingerprint density at radius 3 is 2.79 bits per heavy atom. The molecule has 4 rings (SSSR count). The highest BCUT2D eigenvalue weighted by atomic mass is 15.4. The van der Waals surface area contributed by atoms with E-state index in [1.165, 1.54) is 38.3 Å². The molecule has 0 radical (unpaired) electrons. The number of rotatable bonds is 4. The number of nitrogen functional groups attached to an aromatic ring is 1. The fourth-order valence-electron chi connectivity index (χ4n) is 3.35. The molecule has 2 unspecified atom stereocenters. The van der Waals surface area contributed by atoms with E-state index in [0.29, 0.717) is 17.9 Å². The van der Waals surface area contributed by atoms with Crippen LogP contribution in [0.4, 0.5) is 5.82 Å². The molecule has 3 aliphatic heterocycles. The van der Waals surface area contributed by atoms with Crippen LogP contribution >= 0.6 is 0 Å². The van der Waals surface area contributed by atoms with Crippen molar-refractivity contribution < 1.29 is 0 Å². The van der Waals surface area contributed by atoms with Gasteiger partial charge < -0.3 is 11.1 Å². The Hall–Kier alpha value is -1.17. The summed E-state index contributed by atoms with van der Waals surface area (Å²) < 4.78 is 0. The van der Waals surface area contributed by atoms with Crippen molar-refractivity contribution in [1.29, 1.82) is 0 Å². The van der Waals surface area contributed by atoms with Crippen molar-refractivity contribution in [3.8, 4) is 0 Å². The van der Waals surface area contributed by atoms with E-state index in [2.05, 4.69) is 33.2 Å². The summed E-state index contributed by atoms with van der Waals surface area (Å²) in [6.07, 6.45) is 2.81. The van der Waals surface area contributed by atoms with Crippen LogP contribution in [0.1, 0.15) is 5.56 Å². The van der Waals surface area contributed by atoms with Gasteiger partial charge in [0.15, 0.2) is 0 Å². The Balaban J connectivity index is 1.70. The molecule has 3 fully saturated rings. The van der Waals surface area contributed by atoms with Crippen molar-refractivity contribution in [2.45, 2.75) is 18.5 Å². The van der Waals surface area contributed by atoms with Crippen LogP contribution in [0.25, 0.3) is 0 Å². The lowest BCUT2D eigenvalue weighted by atomic mass is 9.95. The minimum absolute atomic E-state index is 0.477. The first kappa shape index (κ1) is 12.8. The molecule has 4 heterocycles. The van der Waals surface area contributed by atoms with Crippen molar-refractivity contribution in [3.63, 3.8) is 0 Å². The predicted molar refractivity (Wildman–Crippen MR) is 77.0 cm³/mol. The second-order valence-corrected chi connectivity index (χ2v) is 5.59. The van der Waals surface area contributed by atoms with Gasteiger partial charge in [0.2, 0.25) is 0 Å². The zero-order valence-electron chi connectivity index (χ0n) is 11.5. The Morgan fingerprint density at radius 2 is 2.21 bits per heavy atom. The summed E-state index contributed by atoms with van der Waals surface area (Å²) >= 11 is 0. The summed E-state index contributed by atoms with van der Waals surface area (Å²) in [6, 6.07) is 5.14. The zero-order valence-corrected chi connectivity index (χ0v) is 11.5. The van der Waals surface area contributed by atoms with Crippen molar-refractivity contribution in [1.82, 2.24) is 20.1 Å². The van der Waals surface area contributed by atoms with E-state index in [-0.39, 0.29) is 0 Å². The van der Waals surface area contributed by atoms with Crippen LogP contribution in [0.15, 0.2) is 18.3 Å². The van der Waals surface area contributed by atoms with E-state index < -0.39 is 0 Å². The number of pyridine rings is 1. The number of nitrogens with zero attached hydrogens (tertiary/aromatic N) is 3. The lowest BCUT2D eigenvalue weighted by Gasteiger charge is -2.50. The fraction of sp³-hybridized carbons (Fsp3) is 0.643. The van der Waals surface area contributed by atoms with Crippen molar-refractivity contribution >= 4 is 5.82 Å². The van der Waals surface area contributed by atoms with Gasteiger partial charge in [-0.15, -0.1) is 0 Å². The predicted octanol–water partition coefficient (Wildman–Crippen LogP) is -0.206. The zero-order chi connectivity index (χ0) is 13.2. The molecule has 3 N–H and O–H groups in total. The molecular formula is C14H23N5. The van der Waals surface area contributed by atoms with Crippen LogP contribution in [0.2, 0.25) is 0 Å². The van der Waals surface area contributed by atoms with E-state index in [4.69, 9.17) is 5.73 Å². The number of anilines is 1. The molecule has 0 spiro atoms. The maximum atomic E-state index is 5.76. The normalized spacial score (nSPS) is 31.3. The number of fused-ring (bicyclic) bond motifs is 3. The third-order valence-corrected chi connectivity index (χ3v) is 4.46. The Kier molecular flexibility index (Phi) is 3.68. The third-order valence-electron chi connectivity index (χ3n) is 4.46. The van der Waals surface area contributed by atoms with E-state index in [1.807, 2.05) is 6.07 Å². The molecule has 104 valence electrons. The lowest BCUT2D eigenvalue weighted by molar-refractivity contribution is -0.00202. The van der Waals surface area contributed by atoms with Gasteiger partial charge in [0.25, 0.3) is 0 Å². The van der Waals surface area contributed by atoms with E-state index >= 15 is 0 Å². The minimum atomic E-state index is 0.477. The topological polar surface area (TPSA) is 57.4 Å². The Labute approximate surface area is 114 Å². The molecule has 0 amide bonds. The van der Waals surface area contributed by atoms with Crippen LogP contribution in [0, 0.1) is 0 Å². The molecule has 0 saturated carbocycles. The maximum absolute atomic E-state index is 5.76. The second kappa shape index (κ2) is 5.45. The monoisotopic (exact) mass is 261 g/mol. The average Bonchev–Trinajstić information content (AvgIpc) is 2.46. The number of aromatic nitrogens is 1. The second-order valence-electron chi connectivity index (χ2n) is 5.59. The minimum Gasteiger partial charge on any atom is -0.384 e. The molecule has 2 atom stereocenters. The molecule has 5 heteroatoms. The SMILES string of the molecule is CNC(Cc1ccnc(N)c1)C1CN2CCN1CC2. The summed E-state index contributed by atoms with van der Waals surface area (Å²) in [4.78, 5) is 9.27. The van der Waals surface area contributed by atoms with Crippen LogP contribution in [-0.4, -0.2) is 66.6 Å². The number of nitrogens with one attached hydrogen (secondary N) is 1. The molecule has 1 aromatic heterocycles. The smallest absolute Gasteiger partial charge is 0.123 e. The molecule has 2 bridgehead atoms. The van der Waals surface area contributed by atoms with Crippen molar-refractivity contribution in [2.75, 3.05) is 45.5 Å². The van der Waals surface area contributed by atoms with Gasteiger partial charge in [0, 0.05) is 51.0 Å². The molecule has 3 saturated heterocycles. The largest absolute Gasteiger partial charge is 0.384 e. The number of hydrogen-bond acceptors (Lipinski definition) is 5. The highest BCUT2D eigenvalue weighted by molar-refractivity contribution is 5.32. The first-order valence-corrected chi connectivity index (χ1v) is 7.10. The number of piperazine rings is 3. The van der Waals surface area contributed by atoms with Gasteiger partial charge in [-0.1, -0.05) is 0 Å². The quantitative estimate of drug-likeness (QED) is 0.786. The van der Waals surface area contributed by atoms with Crippen molar-refractivity contribution in [2.24, 2.45) is 0 Å². The van der Waals surface area contributed by atoms with Crippen LogP contribution in [0.3, 0.4) is 0 Å². The van der Waals surface area contributed by atoms with E-state index in [9.17, 15) is 0 Å². The summed E-state index contributed by atoms with van der Waals surface area (Å²) in [5, 5.41) is 3.50. The maximum Gasteiger partial charge on any atom is 0.123 e. The average molecular weight is 261 g/mol. The summed E-state index contributed by atoms with van der Waals surface area (Å²) in [7, 11) is 2.06. The fourth-order valence-corrected chi connectivity index (χ4v) is 3.35. The van der Waals surface area contributed by atoms with Gasteiger partial charge in [0.05, 0.1) is 0 Å². The summed E-state index contributed by atoms with van der Waals surface area (Å²) in [6.45, 7) is 6.07. The molecule has 0 aliphatic carbocycles. The third kappa shape index (κ3) is 2.73. The van der Waals surface area contributed by atoms with Gasteiger partial charge in [-0.3, -0.25) is 9.80 Å². The first-order chi connectivity index (χ1) is 9.26. The van der Waals surface area contributed by atoms with Gasteiger partial charge in [-0.25, -0.2) is 4.98 Å². The molecule has 19 heavy (non-hydrogen) atoms. The molecule has 3 aliphatic rings. The van der Waals surface area contributed by atoms with Gasteiger partial charge in [-0.2, -0.15) is 0 Å². The Bertz CT molecular complexity index is 428. The number of likely N-dealkylation sites (N-methyl/N-ethyl adjacent to an activating group) is 1. The van der Waals surface area contributed by atoms with Gasteiger partial charge >= 0.3 is 0 Å². The van der Waals surface area contributed by atoms with Crippen LogP contribution < -0.4 is 11.1 Å². The van der Waals surface area contributed by atoms with Crippen LogP contribution in [-0.2, 0) is 6.42 Å². The molecule has 1 aromatic rings. The standard InChI is InChI=1S/C14H23N5/c1-16-12(8-11-2-3-17-14(15)9-11)13-10-18-4-6-19(13)7-5-18/h2-3,9,12-13,16H,4-8,10H2,1H3,(H2,15,17). The first-order valence-electron chi connectivity index (χ1n) is 7.10. The summed E-state index contributed by atoms with van der Waals surface area (Å²) in [5.41, 5.74) is 7.03. The molecule has 0 aromatic carbocycles. The van der Waals surface area contributed by atoms with Gasteiger partial charge in [0.1, 0.15) is 5.82 Å². The highest BCUT2D eigenvalue weighted by Crippen LogP contribution is 2.20. The highest BCUT2D eigenvalue weighted by Gasteiger charge is 2.36. The number of hydrogen-bond donors (Lipinski definition) is 2. The lowest BCUT2D eigenvalue weighted by Crippen LogP contribution is -2.66. The summed E-state index contributed by atoms with van der Waals surface area (Å²) in [5.74, 6) is 0.613. The van der Waals surface area contributed by atoms with Crippen LogP contribution in [0.5, 0.6) is 0 Å². The Morgan fingerprint density at radius 1 is 1.42 bits per heavy atom.